The van der Waals surface area contributed by atoms with E-state index in [1.54, 1.807) is 14.2 Å². The topological polar surface area (TPSA) is 69.2 Å². The van der Waals surface area contributed by atoms with Crippen LogP contribution in [0.3, 0.4) is 0 Å². The van der Waals surface area contributed by atoms with Gasteiger partial charge < -0.3 is 20.3 Å². The Morgan fingerprint density at radius 2 is 1.94 bits per heavy atom. The third-order valence-electron chi connectivity index (χ3n) is 6.48. The smallest absolute Gasteiger partial charge is 0.220 e. The number of ether oxygens (including phenoxy) is 1. The highest BCUT2D eigenvalue weighted by molar-refractivity contribution is 14.0. The summed E-state index contributed by atoms with van der Waals surface area (Å²) in [6, 6.07) is 8.68. The fraction of sp³-hybridized carbons (Fsp3) is 0.667. The molecule has 2 heterocycles. The summed E-state index contributed by atoms with van der Waals surface area (Å²) in [5, 5.41) is 6.24. The molecule has 1 amide bonds. The van der Waals surface area contributed by atoms with Gasteiger partial charge in [0.05, 0.1) is 19.7 Å². The van der Waals surface area contributed by atoms with Crippen molar-refractivity contribution in [3.05, 3.63) is 29.8 Å². The summed E-state index contributed by atoms with van der Waals surface area (Å²) in [4.78, 5) is 21.7. The maximum atomic E-state index is 11.7. The predicted molar refractivity (Wildman–Crippen MR) is 141 cm³/mol. The summed E-state index contributed by atoms with van der Waals surface area (Å²) in [6.07, 6.45) is 5.20. The van der Waals surface area contributed by atoms with Gasteiger partial charge in [0.25, 0.3) is 0 Å². The second kappa shape index (κ2) is 13.9. The van der Waals surface area contributed by atoms with Crippen LogP contribution in [0.2, 0.25) is 0 Å². The molecule has 2 N–H and O–H groups in total. The molecular weight excluding hydrogens is 517 g/mol. The molecule has 0 aromatic heterocycles. The van der Waals surface area contributed by atoms with E-state index < -0.39 is 0 Å². The Balaban J connectivity index is 0.00000363. The molecule has 1 unspecified atom stereocenters. The van der Waals surface area contributed by atoms with Crippen LogP contribution in [0.1, 0.15) is 50.6 Å². The van der Waals surface area contributed by atoms with Gasteiger partial charge in [-0.1, -0.05) is 12.1 Å². The van der Waals surface area contributed by atoms with Crippen molar-refractivity contribution < 1.29 is 9.53 Å². The molecule has 2 fully saturated rings. The molecule has 1 atom stereocenters. The summed E-state index contributed by atoms with van der Waals surface area (Å²) in [5.41, 5.74) is 1.27. The second-order valence-electron chi connectivity index (χ2n) is 8.54. The predicted octanol–water partition coefficient (Wildman–Crippen LogP) is 3.26. The molecule has 1 aromatic carbocycles. The lowest BCUT2D eigenvalue weighted by Gasteiger charge is -2.34. The van der Waals surface area contributed by atoms with E-state index >= 15 is 0 Å². The van der Waals surface area contributed by atoms with Crippen molar-refractivity contribution in [2.24, 2.45) is 10.9 Å². The molecule has 0 bridgehead atoms. The Hall–Kier alpha value is -1.55. The van der Waals surface area contributed by atoms with Gasteiger partial charge in [0.2, 0.25) is 5.91 Å². The molecule has 0 saturated carbocycles. The largest absolute Gasteiger partial charge is 0.497 e. The molecule has 0 radical (unpaired) electrons. The average molecular weight is 558 g/mol. The Labute approximate surface area is 210 Å². The third-order valence-corrected chi connectivity index (χ3v) is 6.48. The number of aliphatic imine (C=N–C) groups is 1. The molecule has 7 nitrogen and oxygen atoms in total. The number of carbonyl (C=O) groups excluding carboxylic acids is 1. The van der Waals surface area contributed by atoms with Crippen LogP contribution >= 0.6 is 24.0 Å². The molecule has 2 saturated heterocycles. The number of piperidine rings is 1. The van der Waals surface area contributed by atoms with Crippen molar-refractivity contribution >= 4 is 35.8 Å². The zero-order valence-electron chi connectivity index (χ0n) is 19.8. The van der Waals surface area contributed by atoms with E-state index in [-0.39, 0.29) is 35.9 Å². The highest BCUT2D eigenvalue weighted by atomic mass is 127. The van der Waals surface area contributed by atoms with Crippen molar-refractivity contribution in [2.45, 2.75) is 45.1 Å². The first kappa shape index (κ1) is 26.7. The van der Waals surface area contributed by atoms with Crippen molar-refractivity contribution in [2.75, 3.05) is 53.4 Å². The number of likely N-dealkylation sites (tertiary alicyclic amines) is 2. The van der Waals surface area contributed by atoms with E-state index in [1.807, 2.05) is 6.07 Å². The molecule has 32 heavy (non-hydrogen) atoms. The summed E-state index contributed by atoms with van der Waals surface area (Å²) in [6.45, 7) is 7.84. The van der Waals surface area contributed by atoms with E-state index in [4.69, 9.17) is 9.73 Å². The Morgan fingerprint density at radius 3 is 2.56 bits per heavy atom. The molecule has 1 aromatic rings. The van der Waals surface area contributed by atoms with Crippen LogP contribution in [-0.2, 0) is 4.79 Å². The number of carbonyl (C=O) groups is 1. The first-order valence-corrected chi connectivity index (χ1v) is 11.8. The third kappa shape index (κ3) is 7.50. The Morgan fingerprint density at radius 1 is 1.22 bits per heavy atom. The number of methoxy groups -OCH3 is 1. The monoisotopic (exact) mass is 557 g/mol. The maximum Gasteiger partial charge on any atom is 0.220 e. The SMILES string of the molecule is CCNC(=NCC(c1cccc(OC)c1)N1CCCC1)N1CCC(CC(=O)NC)CC1.I. The van der Waals surface area contributed by atoms with E-state index in [2.05, 4.69) is 45.6 Å². The van der Waals surface area contributed by atoms with Crippen LogP contribution < -0.4 is 15.4 Å². The Bertz CT molecular complexity index is 731. The first-order chi connectivity index (χ1) is 15.1. The number of amides is 1. The lowest BCUT2D eigenvalue weighted by Crippen LogP contribution is -2.46. The van der Waals surface area contributed by atoms with Crippen LogP contribution in [0.5, 0.6) is 5.75 Å². The van der Waals surface area contributed by atoms with Crippen molar-refractivity contribution in [1.82, 2.24) is 20.4 Å². The molecule has 3 rings (SSSR count). The zero-order chi connectivity index (χ0) is 22.1. The fourth-order valence-electron chi connectivity index (χ4n) is 4.65. The highest BCUT2D eigenvalue weighted by Crippen LogP contribution is 2.28. The number of hydrogen-bond acceptors (Lipinski definition) is 4. The van der Waals surface area contributed by atoms with Crippen LogP contribution in [0.4, 0.5) is 0 Å². The normalized spacial score (nSPS) is 18.7. The van der Waals surface area contributed by atoms with Gasteiger partial charge in [0.15, 0.2) is 5.96 Å². The minimum Gasteiger partial charge on any atom is -0.497 e. The molecule has 2 aliphatic rings. The van der Waals surface area contributed by atoms with Gasteiger partial charge in [-0.25, -0.2) is 0 Å². The summed E-state index contributed by atoms with van der Waals surface area (Å²) in [7, 11) is 3.44. The molecule has 2 aliphatic heterocycles. The highest BCUT2D eigenvalue weighted by Gasteiger charge is 2.26. The van der Waals surface area contributed by atoms with Crippen LogP contribution in [0.25, 0.3) is 0 Å². The first-order valence-electron chi connectivity index (χ1n) is 11.8. The summed E-state index contributed by atoms with van der Waals surface area (Å²) in [5.74, 6) is 2.50. The van der Waals surface area contributed by atoms with E-state index in [0.717, 1.165) is 63.8 Å². The van der Waals surface area contributed by atoms with Crippen molar-refractivity contribution in [3.63, 3.8) is 0 Å². The fourth-order valence-corrected chi connectivity index (χ4v) is 4.65. The minimum atomic E-state index is 0. The second-order valence-corrected chi connectivity index (χ2v) is 8.54. The lowest BCUT2D eigenvalue weighted by atomic mass is 9.93. The summed E-state index contributed by atoms with van der Waals surface area (Å²) >= 11 is 0. The maximum absolute atomic E-state index is 11.7. The van der Waals surface area contributed by atoms with Gasteiger partial charge in [-0.2, -0.15) is 0 Å². The number of halogens is 1. The van der Waals surface area contributed by atoms with Gasteiger partial charge in [-0.15, -0.1) is 24.0 Å². The summed E-state index contributed by atoms with van der Waals surface area (Å²) < 4.78 is 5.47. The van der Waals surface area contributed by atoms with Gasteiger partial charge in [-0.3, -0.25) is 14.7 Å². The molecular formula is C24H40IN5O2. The van der Waals surface area contributed by atoms with Crippen LogP contribution in [0.15, 0.2) is 29.3 Å². The Kier molecular flexibility index (Phi) is 11.6. The average Bonchev–Trinajstić information content (AvgIpc) is 3.34. The van der Waals surface area contributed by atoms with Gasteiger partial charge in [0, 0.05) is 33.1 Å². The minimum absolute atomic E-state index is 0. The van der Waals surface area contributed by atoms with Gasteiger partial charge in [-0.05, 0) is 69.3 Å². The van der Waals surface area contributed by atoms with E-state index in [9.17, 15) is 4.79 Å². The van der Waals surface area contributed by atoms with E-state index in [0.29, 0.717) is 12.3 Å². The number of nitrogens with zero attached hydrogens (tertiary/aromatic N) is 3. The lowest BCUT2D eigenvalue weighted by molar-refractivity contribution is -0.121. The van der Waals surface area contributed by atoms with Crippen LogP contribution in [-0.4, -0.2) is 75.1 Å². The number of guanidine groups is 1. The quantitative estimate of drug-likeness (QED) is 0.292. The van der Waals surface area contributed by atoms with E-state index in [1.165, 1.54) is 18.4 Å². The van der Waals surface area contributed by atoms with Gasteiger partial charge >= 0.3 is 0 Å². The van der Waals surface area contributed by atoms with Crippen molar-refractivity contribution in [3.8, 4) is 5.75 Å². The van der Waals surface area contributed by atoms with Gasteiger partial charge in [0.1, 0.15) is 5.75 Å². The molecule has 0 aliphatic carbocycles. The number of benzene rings is 1. The number of hydrogen-bond donors (Lipinski definition) is 2. The zero-order valence-corrected chi connectivity index (χ0v) is 22.1. The van der Waals surface area contributed by atoms with Crippen molar-refractivity contribution in [1.29, 1.82) is 0 Å². The number of rotatable bonds is 8. The standard InChI is InChI=1S/C24H39N5O2.HI/c1-4-26-24(29-14-10-19(11-15-29)16-23(30)25-2)27-18-22(28-12-5-6-13-28)20-8-7-9-21(17-20)31-3;/h7-9,17,19,22H,4-6,10-16,18H2,1-3H3,(H,25,30)(H,26,27);1H. The molecule has 8 heteroatoms. The molecule has 180 valence electrons. The van der Waals surface area contributed by atoms with Crippen LogP contribution in [0, 0.1) is 5.92 Å². The number of nitrogens with one attached hydrogen (secondary N) is 2. The molecule has 0 spiro atoms.